The monoisotopic (exact) mass is 391 g/mol. The summed E-state index contributed by atoms with van der Waals surface area (Å²) in [4.78, 5) is 28.3. The van der Waals surface area contributed by atoms with Gasteiger partial charge in [0.05, 0.1) is 6.10 Å². The highest BCUT2D eigenvalue weighted by Gasteiger charge is 2.48. The van der Waals surface area contributed by atoms with Gasteiger partial charge >= 0.3 is 7.60 Å². The Kier molecular flexibility index (Phi) is 6.85. The highest BCUT2D eigenvalue weighted by atomic mass is 35.5. The van der Waals surface area contributed by atoms with Gasteiger partial charge in [-0.2, -0.15) is 0 Å². The molecule has 0 amide bonds. The molecule has 0 aromatic carbocycles. The van der Waals surface area contributed by atoms with Crippen molar-refractivity contribution in [3.05, 3.63) is 17.0 Å². The third-order valence-corrected chi connectivity index (χ3v) is 7.34. The van der Waals surface area contributed by atoms with Gasteiger partial charge in [-0.05, 0) is 38.5 Å². The van der Waals surface area contributed by atoms with Crippen LogP contribution in [0.3, 0.4) is 0 Å². The largest absolute Gasteiger partial charge is 0.381 e. The Morgan fingerprint density at radius 3 is 2.36 bits per heavy atom. The van der Waals surface area contributed by atoms with Crippen LogP contribution < -0.4 is 5.32 Å². The Morgan fingerprint density at radius 2 is 1.88 bits per heavy atom. The lowest BCUT2D eigenvalue weighted by atomic mass is 9.93. The molecule has 0 radical (unpaired) electrons. The molecule has 9 heteroatoms. The van der Waals surface area contributed by atoms with Gasteiger partial charge in [-0.15, -0.1) is 0 Å². The van der Waals surface area contributed by atoms with E-state index in [1.807, 2.05) is 0 Å². The first-order chi connectivity index (χ1) is 11.8. The molecule has 1 aliphatic carbocycles. The van der Waals surface area contributed by atoms with Crippen LogP contribution in [0, 0.1) is 0 Å². The Morgan fingerprint density at radius 1 is 1.28 bits per heavy atom. The second-order valence-corrected chi connectivity index (χ2v) is 8.87. The van der Waals surface area contributed by atoms with Crippen LogP contribution in [0.1, 0.15) is 58.2 Å². The fraction of sp³-hybridized carbons (Fsp3) is 0.750. The van der Waals surface area contributed by atoms with E-state index in [4.69, 9.17) is 16.3 Å². The van der Waals surface area contributed by atoms with E-state index in [1.54, 1.807) is 27.0 Å². The Hall–Kier alpha value is -0.720. The molecule has 1 aromatic heterocycles. The van der Waals surface area contributed by atoms with Gasteiger partial charge in [-0.3, -0.25) is 4.57 Å². The van der Waals surface area contributed by atoms with Crippen molar-refractivity contribution in [3.8, 4) is 0 Å². The minimum atomic E-state index is -4.45. The van der Waals surface area contributed by atoms with Crippen molar-refractivity contribution in [2.75, 3.05) is 12.4 Å². The molecule has 0 spiro atoms. The van der Waals surface area contributed by atoms with Crippen LogP contribution in [0.25, 0.3) is 0 Å². The van der Waals surface area contributed by atoms with E-state index < -0.39 is 12.8 Å². The molecule has 142 valence electrons. The highest BCUT2D eigenvalue weighted by Crippen LogP contribution is 2.60. The first kappa shape index (κ1) is 20.6. The molecule has 1 heterocycles. The number of methoxy groups -OCH3 is 1. The van der Waals surface area contributed by atoms with E-state index in [9.17, 15) is 14.4 Å². The van der Waals surface area contributed by atoms with E-state index in [2.05, 4.69) is 15.3 Å². The molecule has 0 aliphatic heterocycles. The first-order valence-electron chi connectivity index (χ1n) is 8.65. The van der Waals surface area contributed by atoms with E-state index in [1.165, 1.54) is 0 Å². The lowest BCUT2D eigenvalue weighted by Gasteiger charge is -2.32. The standard InChI is InChI=1S/C16H27ClN3O4P/c1-4-16(5-2,25(21,22)23)15-19-13(17)10-14(20-15)18-11-6-8-12(24-3)9-7-11/h10-12H,4-9H2,1-3H3,(H,18,19,20)(H2,21,22,23)/t11-,12-. The minimum absolute atomic E-state index is 0.103. The van der Waals surface area contributed by atoms with Gasteiger partial charge in [0.1, 0.15) is 16.1 Å². The lowest BCUT2D eigenvalue weighted by Crippen LogP contribution is -2.31. The fourth-order valence-corrected chi connectivity index (χ4v) is 4.83. The predicted molar refractivity (Wildman–Crippen MR) is 98.0 cm³/mol. The molecular formula is C16H27ClN3O4P. The molecule has 7 nitrogen and oxygen atoms in total. The average Bonchev–Trinajstić information content (AvgIpc) is 2.55. The first-order valence-corrected chi connectivity index (χ1v) is 10.6. The summed E-state index contributed by atoms with van der Waals surface area (Å²) in [5.74, 6) is 0.613. The molecular weight excluding hydrogens is 365 g/mol. The zero-order chi connectivity index (χ0) is 18.7. The van der Waals surface area contributed by atoms with Gasteiger partial charge in [0, 0.05) is 19.2 Å². The smallest absolute Gasteiger partial charge is 0.339 e. The second kappa shape index (κ2) is 8.31. The average molecular weight is 392 g/mol. The summed E-state index contributed by atoms with van der Waals surface area (Å²) in [7, 11) is -2.72. The van der Waals surface area contributed by atoms with Crippen molar-refractivity contribution in [2.24, 2.45) is 0 Å². The summed E-state index contributed by atoms with van der Waals surface area (Å²) >= 11 is 6.12. The fourth-order valence-electron chi connectivity index (χ4n) is 3.46. The van der Waals surface area contributed by atoms with Crippen molar-refractivity contribution >= 4 is 25.0 Å². The molecule has 1 aromatic rings. The maximum atomic E-state index is 12.1. The molecule has 0 saturated heterocycles. The number of anilines is 1. The molecule has 0 bridgehead atoms. The number of nitrogens with one attached hydrogen (secondary N) is 1. The Labute approximate surface area is 153 Å². The van der Waals surface area contributed by atoms with Crippen LogP contribution in [-0.2, 0) is 14.5 Å². The summed E-state index contributed by atoms with van der Waals surface area (Å²) < 4.78 is 17.5. The van der Waals surface area contributed by atoms with Crippen molar-refractivity contribution in [3.63, 3.8) is 0 Å². The Balaban J connectivity index is 2.27. The molecule has 25 heavy (non-hydrogen) atoms. The third-order valence-electron chi connectivity index (χ3n) is 5.20. The van der Waals surface area contributed by atoms with Crippen molar-refractivity contribution in [1.82, 2.24) is 9.97 Å². The van der Waals surface area contributed by atoms with Gasteiger partial charge in [-0.1, -0.05) is 25.4 Å². The summed E-state index contributed by atoms with van der Waals surface area (Å²) in [6.45, 7) is 3.46. The van der Waals surface area contributed by atoms with Gasteiger partial charge in [-0.25, -0.2) is 9.97 Å². The van der Waals surface area contributed by atoms with Gasteiger partial charge < -0.3 is 19.8 Å². The molecule has 1 saturated carbocycles. The SMILES string of the molecule is CCC(CC)(c1nc(Cl)cc(N[C@H]2CC[C@H](OC)CC2)n1)P(=O)(O)O. The predicted octanol–water partition coefficient (Wildman–Crippen LogP) is 3.69. The number of halogens is 1. The van der Waals surface area contributed by atoms with E-state index >= 15 is 0 Å². The number of aromatic nitrogens is 2. The molecule has 0 unspecified atom stereocenters. The number of nitrogens with zero attached hydrogens (tertiary/aromatic N) is 2. The molecule has 3 N–H and O–H groups in total. The Bertz CT molecular complexity index is 628. The van der Waals surface area contributed by atoms with Crippen LogP contribution in [0.2, 0.25) is 5.15 Å². The van der Waals surface area contributed by atoms with Gasteiger partial charge in [0.25, 0.3) is 0 Å². The van der Waals surface area contributed by atoms with Crippen molar-refractivity contribution in [2.45, 2.75) is 69.7 Å². The van der Waals surface area contributed by atoms with Gasteiger partial charge in [0.2, 0.25) is 0 Å². The number of ether oxygens (including phenoxy) is 1. The summed E-state index contributed by atoms with van der Waals surface area (Å²) in [6, 6.07) is 1.83. The van der Waals surface area contributed by atoms with E-state index in [-0.39, 0.29) is 29.9 Å². The number of hydrogen-bond donors (Lipinski definition) is 3. The van der Waals surface area contributed by atoms with Crippen LogP contribution >= 0.6 is 19.2 Å². The number of rotatable bonds is 7. The second-order valence-electron chi connectivity index (χ2n) is 6.54. The van der Waals surface area contributed by atoms with E-state index in [0.29, 0.717) is 11.9 Å². The van der Waals surface area contributed by atoms with Crippen molar-refractivity contribution in [1.29, 1.82) is 0 Å². The van der Waals surface area contributed by atoms with Crippen LogP contribution in [-0.4, -0.2) is 39.0 Å². The zero-order valence-corrected chi connectivity index (χ0v) is 16.6. The van der Waals surface area contributed by atoms with Crippen molar-refractivity contribution < 1.29 is 19.1 Å². The van der Waals surface area contributed by atoms with Gasteiger partial charge in [0.15, 0.2) is 5.82 Å². The third kappa shape index (κ3) is 4.52. The topological polar surface area (TPSA) is 105 Å². The maximum absolute atomic E-state index is 12.1. The molecule has 1 fully saturated rings. The summed E-state index contributed by atoms with van der Waals surface area (Å²) in [6.07, 6.45) is 4.58. The minimum Gasteiger partial charge on any atom is -0.381 e. The van der Waals surface area contributed by atoms with Crippen LogP contribution in [0.15, 0.2) is 6.07 Å². The van der Waals surface area contributed by atoms with E-state index in [0.717, 1.165) is 25.7 Å². The summed E-state index contributed by atoms with van der Waals surface area (Å²) in [5.41, 5.74) is 0. The highest BCUT2D eigenvalue weighted by molar-refractivity contribution is 7.53. The lowest BCUT2D eigenvalue weighted by molar-refractivity contribution is 0.0681. The molecule has 0 atom stereocenters. The summed E-state index contributed by atoms with van der Waals surface area (Å²) in [5, 5.41) is 2.10. The maximum Gasteiger partial charge on any atom is 0.339 e. The zero-order valence-electron chi connectivity index (χ0n) is 14.9. The molecule has 2 rings (SSSR count). The molecule has 1 aliphatic rings. The normalized spacial score (nSPS) is 22.0. The quantitative estimate of drug-likeness (QED) is 0.480. The van der Waals surface area contributed by atoms with Crippen LogP contribution in [0.4, 0.5) is 5.82 Å². The number of hydrogen-bond acceptors (Lipinski definition) is 5. The van der Waals surface area contributed by atoms with Crippen LogP contribution in [0.5, 0.6) is 0 Å².